The van der Waals surface area contributed by atoms with E-state index < -0.39 is 0 Å². The van der Waals surface area contributed by atoms with Crippen molar-refractivity contribution in [3.63, 3.8) is 0 Å². The van der Waals surface area contributed by atoms with Crippen LogP contribution in [0.25, 0.3) is 0 Å². The molecule has 126 valence electrons. The zero-order chi connectivity index (χ0) is 16.5. The number of likely N-dealkylation sites (tertiary alicyclic amines) is 1. The van der Waals surface area contributed by atoms with Crippen molar-refractivity contribution in [2.24, 2.45) is 0 Å². The molecule has 0 saturated carbocycles. The quantitative estimate of drug-likeness (QED) is 0.811. The predicted octanol–water partition coefficient (Wildman–Crippen LogP) is 1.94. The molecule has 0 radical (unpaired) electrons. The van der Waals surface area contributed by atoms with E-state index in [0.717, 1.165) is 18.4 Å². The van der Waals surface area contributed by atoms with Crippen molar-refractivity contribution in [2.45, 2.75) is 31.9 Å². The molecule has 1 aliphatic heterocycles. The van der Waals surface area contributed by atoms with Crippen LogP contribution in [0.3, 0.4) is 0 Å². The van der Waals surface area contributed by atoms with E-state index in [9.17, 15) is 9.59 Å². The minimum Gasteiger partial charge on any atom is -0.469 e. The fourth-order valence-corrected chi connectivity index (χ4v) is 2.56. The number of rotatable bonds is 6. The van der Waals surface area contributed by atoms with Crippen molar-refractivity contribution in [1.82, 2.24) is 10.2 Å². The summed E-state index contributed by atoms with van der Waals surface area (Å²) in [5, 5.41) is 3.32. The number of hydrogen-bond donors (Lipinski definition) is 1. The van der Waals surface area contributed by atoms with Gasteiger partial charge in [-0.05, 0) is 18.4 Å². The minimum absolute atomic E-state index is 0.209. The molecule has 0 aromatic heterocycles. The summed E-state index contributed by atoms with van der Waals surface area (Å²) in [5.74, 6) is -0.209. The van der Waals surface area contributed by atoms with E-state index in [0.29, 0.717) is 38.7 Å². The van der Waals surface area contributed by atoms with Crippen LogP contribution in [0, 0.1) is 0 Å². The molecule has 1 aromatic rings. The Hall–Kier alpha value is -2.08. The highest BCUT2D eigenvalue weighted by Gasteiger charge is 2.23. The van der Waals surface area contributed by atoms with Gasteiger partial charge in [-0.3, -0.25) is 4.79 Å². The van der Waals surface area contributed by atoms with Gasteiger partial charge in [0.1, 0.15) is 6.61 Å². The van der Waals surface area contributed by atoms with E-state index in [2.05, 4.69) is 10.1 Å². The van der Waals surface area contributed by atoms with Crippen molar-refractivity contribution in [3.8, 4) is 0 Å². The van der Waals surface area contributed by atoms with Crippen molar-refractivity contribution >= 4 is 12.1 Å². The third-order valence-corrected chi connectivity index (χ3v) is 3.95. The monoisotopic (exact) mass is 320 g/mol. The lowest BCUT2D eigenvalue weighted by Gasteiger charge is -2.31. The maximum absolute atomic E-state index is 12.0. The second-order valence-corrected chi connectivity index (χ2v) is 5.58. The van der Waals surface area contributed by atoms with Gasteiger partial charge in [0.2, 0.25) is 0 Å². The third-order valence-electron chi connectivity index (χ3n) is 3.95. The van der Waals surface area contributed by atoms with Gasteiger partial charge in [0.05, 0.1) is 13.5 Å². The number of ether oxygens (including phenoxy) is 2. The Morgan fingerprint density at radius 3 is 2.57 bits per heavy atom. The Balaban J connectivity index is 1.63. The second-order valence-electron chi connectivity index (χ2n) is 5.58. The van der Waals surface area contributed by atoms with E-state index in [1.165, 1.54) is 7.11 Å². The van der Waals surface area contributed by atoms with Gasteiger partial charge in [0.25, 0.3) is 0 Å². The van der Waals surface area contributed by atoms with Crippen molar-refractivity contribution in [3.05, 3.63) is 35.9 Å². The number of carbonyl (C=O) groups excluding carboxylic acids is 2. The minimum atomic E-state index is -0.262. The summed E-state index contributed by atoms with van der Waals surface area (Å²) >= 11 is 0. The van der Waals surface area contributed by atoms with Crippen molar-refractivity contribution < 1.29 is 19.1 Å². The molecule has 23 heavy (non-hydrogen) atoms. The Bertz CT molecular complexity index is 499. The van der Waals surface area contributed by atoms with Gasteiger partial charge in [-0.1, -0.05) is 30.3 Å². The largest absolute Gasteiger partial charge is 0.469 e. The molecular weight excluding hydrogens is 296 g/mol. The predicted molar refractivity (Wildman–Crippen MR) is 85.9 cm³/mol. The van der Waals surface area contributed by atoms with Crippen LogP contribution in [0.1, 0.15) is 24.8 Å². The van der Waals surface area contributed by atoms with E-state index in [4.69, 9.17) is 4.74 Å². The first-order valence-corrected chi connectivity index (χ1v) is 7.95. The molecule has 1 saturated heterocycles. The second kappa shape index (κ2) is 9.15. The number of benzene rings is 1. The number of piperidine rings is 1. The summed E-state index contributed by atoms with van der Waals surface area (Å²) in [4.78, 5) is 24.8. The Morgan fingerprint density at radius 1 is 1.22 bits per heavy atom. The smallest absolute Gasteiger partial charge is 0.410 e. The van der Waals surface area contributed by atoms with Crippen molar-refractivity contribution in [2.75, 3.05) is 26.7 Å². The highest BCUT2D eigenvalue weighted by molar-refractivity contribution is 5.69. The van der Waals surface area contributed by atoms with Crippen LogP contribution >= 0.6 is 0 Å². The Morgan fingerprint density at radius 2 is 1.91 bits per heavy atom. The number of esters is 1. The zero-order valence-corrected chi connectivity index (χ0v) is 13.5. The molecule has 0 unspecified atom stereocenters. The summed E-state index contributed by atoms with van der Waals surface area (Å²) < 4.78 is 9.94. The Labute approximate surface area is 136 Å². The number of nitrogens with zero attached hydrogens (tertiary/aromatic N) is 1. The standard InChI is InChI=1S/C17H24N2O4/c1-22-16(20)7-10-18-15-8-11-19(12-9-15)17(21)23-13-14-5-3-2-4-6-14/h2-6,15,18H,7-13H2,1H3. The Kier molecular flexibility index (Phi) is 6.87. The SMILES string of the molecule is COC(=O)CCNC1CCN(C(=O)OCc2ccccc2)CC1. The van der Waals surface area contributed by atoms with Crippen LogP contribution in [0.15, 0.2) is 30.3 Å². The molecule has 1 heterocycles. The van der Waals surface area contributed by atoms with Gasteiger partial charge in [0, 0.05) is 25.7 Å². The first-order chi connectivity index (χ1) is 11.2. The molecule has 1 aliphatic rings. The molecule has 1 fully saturated rings. The topological polar surface area (TPSA) is 67.9 Å². The lowest BCUT2D eigenvalue weighted by atomic mass is 10.1. The summed E-state index contributed by atoms with van der Waals surface area (Å²) in [6, 6.07) is 9.99. The first-order valence-electron chi connectivity index (χ1n) is 7.95. The van der Waals surface area contributed by atoms with Gasteiger partial charge in [-0.2, -0.15) is 0 Å². The average Bonchev–Trinajstić information content (AvgIpc) is 2.61. The molecule has 2 rings (SSSR count). The van der Waals surface area contributed by atoms with Crippen LogP contribution in [-0.2, 0) is 20.9 Å². The summed E-state index contributed by atoms with van der Waals surface area (Å²) in [5.41, 5.74) is 0.986. The molecule has 1 amide bonds. The lowest BCUT2D eigenvalue weighted by molar-refractivity contribution is -0.140. The maximum Gasteiger partial charge on any atom is 0.410 e. The molecule has 1 aromatic carbocycles. The highest BCUT2D eigenvalue weighted by atomic mass is 16.6. The van der Waals surface area contributed by atoms with Gasteiger partial charge in [0.15, 0.2) is 0 Å². The molecule has 0 atom stereocenters. The number of methoxy groups -OCH3 is 1. The van der Waals surface area contributed by atoms with E-state index in [1.54, 1.807) is 4.90 Å². The molecule has 6 heteroatoms. The van der Waals surface area contributed by atoms with Crippen LogP contribution in [-0.4, -0.2) is 49.7 Å². The number of nitrogens with one attached hydrogen (secondary N) is 1. The molecule has 6 nitrogen and oxygen atoms in total. The van der Waals surface area contributed by atoms with Gasteiger partial charge in [-0.15, -0.1) is 0 Å². The van der Waals surface area contributed by atoms with E-state index >= 15 is 0 Å². The molecule has 0 spiro atoms. The van der Waals surface area contributed by atoms with Gasteiger partial charge < -0.3 is 19.7 Å². The fraction of sp³-hybridized carbons (Fsp3) is 0.529. The molecular formula is C17H24N2O4. The number of carbonyl (C=O) groups is 2. The van der Waals surface area contributed by atoms with Crippen LogP contribution in [0.5, 0.6) is 0 Å². The zero-order valence-electron chi connectivity index (χ0n) is 13.5. The molecule has 0 aliphatic carbocycles. The van der Waals surface area contributed by atoms with Crippen LogP contribution < -0.4 is 5.32 Å². The number of hydrogen-bond acceptors (Lipinski definition) is 5. The summed E-state index contributed by atoms with van der Waals surface area (Å²) in [7, 11) is 1.39. The van der Waals surface area contributed by atoms with Crippen LogP contribution in [0.2, 0.25) is 0 Å². The molecule has 1 N–H and O–H groups in total. The van der Waals surface area contributed by atoms with E-state index in [1.807, 2.05) is 30.3 Å². The third kappa shape index (κ3) is 5.90. The number of amides is 1. The van der Waals surface area contributed by atoms with Crippen molar-refractivity contribution in [1.29, 1.82) is 0 Å². The van der Waals surface area contributed by atoms with E-state index in [-0.39, 0.29) is 12.1 Å². The van der Waals surface area contributed by atoms with Crippen LogP contribution in [0.4, 0.5) is 4.79 Å². The van der Waals surface area contributed by atoms with Gasteiger partial charge >= 0.3 is 12.1 Å². The average molecular weight is 320 g/mol. The highest BCUT2D eigenvalue weighted by Crippen LogP contribution is 2.12. The first kappa shape index (κ1) is 17.3. The summed E-state index contributed by atoms with van der Waals surface area (Å²) in [6.07, 6.45) is 1.83. The maximum atomic E-state index is 12.0. The van der Waals surface area contributed by atoms with Gasteiger partial charge in [-0.25, -0.2) is 4.79 Å². The molecule has 0 bridgehead atoms. The normalized spacial score (nSPS) is 15.3. The summed E-state index contributed by atoms with van der Waals surface area (Å²) in [6.45, 7) is 2.25. The lowest BCUT2D eigenvalue weighted by Crippen LogP contribution is -2.45. The fourth-order valence-electron chi connectivity index (χ4n) is 2.56.